The third kappa shape index (κ3) is 2.14. The SMILES string of the molecule is Cc1ccnc(N2CC(n3cc(C(N)=O)cn3)C2)n1. The maximum Gasteiger partial charge on any atom is 0.251 e. The van der Waals surface area contributed by atoms with Crippen LogP contribution < -0.4 is 10.6 Å². The topological polar surface area (TPSA) is 89.9 Å². The molecular formula is C12H14N6O. The van der Waals surface area contributed by atoms with Crippen LogP contribution in [-0.2, 0) is 0 Å². The van der Waals surface area contributed by atoms with Crippen LogP contribution in [0.1, 0.15) is 22.1 Å². The summed E-state index contributed by atoms with van der Waals surface area (Å²) in [6.45, 7) is 3.50. The first-order chi connectivity index (χ1) is 9.13. The summed E-state index contributed by atoms with van der Waals surface area (Å²) in [5.74, 6) is 0.281. The molecule has 7 heteroatoms. The summed E-state index contributed by atoms with van der Waals surface area (Å²) in [6.07, 6.45) is 4.93. The first-order valence-corrected chi connectivity index (χ1v) is 6.02. The molecule has 1 aliphatic heterocycles. The fourth-order valence-electron chi connectivity index (χ4n) is 2.04. The number of carbonyl (C=O) groups is 1. The molecule has 0 spiro atoms. The minimum absolute atomic E-state index is 0.234. The predicted molar refractivity (Wildman–Crippen MR) is 68.8 cm³/mol. The second-order valence-corrected chi connectivity index (χ2v) is 4.63. The van der Waals surface area contributed by atoms with Crippen LogP contribution in [0.2, 0.25) is 0 Å². The molecule has 0 radical (unpaired) electrons. The minimum atomic E-state index is -0.454. The molecule has 2 N–H and O–H groups in total. The van der Waals surface area contributed by atoms with Crippen molar-refractivity contribution in [2.45, 2.75) is 13.0 Å². The van der Waals surface area contributed by atoms with E-state index in [0.717, 1.165) is 24.7 Å². The number of nitrogens with zero attached hydrogens (tertiary/aromatic N) is 5. The van der Waals surface area contributed by atoms with Gasteiger partial charge in [0.1, 0.15) is 0 Å². The molecule has 0 saturated carbocycles. The molecule has 2 aromatic rings. The van der Waals surface area contributed by atoms with Crippen LogP contribution in [-0.4, -0.2) is 38.7 Å². The average Bonchev–Trinajstić information content (AvgIpc) is 2.76. The van der Waals surface area contributed by atoms with Gasteiger partial charge in [-0.15, -0.1) is 0 Å². The van der Waals surface area contributed by atoms with Crippen LogP contribution in [0.3, 0.4) is 0 Å². The van der Waals surface area contributed by atoms with E-state index < -0.39 is 5.91 Å². The molecule has 0 aliphatic carbocycles. The largest absolute Gasteiger partial charge is 0.366 e. The number of hydrogen-bond acceptors (Lipinski definition) is 5. The number of aromatic nitrogens is 4. The van der Waals surface area contributed by atoms with Gasteiger partial charge in [0, 0.05) is 31.2 Å². The lowest BCUT2D eigenvalue weighted by Crippen LogP contribution is -2.48. The van der Waals surface area contributed by atoms with E-state index in [1.165, 1.54) is 6.20 Å². The molecule has 0 unspecified atom stereocenters. The van der Waals surface area contributed by atoms with Crippen molar-refractivity contribution in [3.63, 3.8) is 0 Å². The lowest BCUT2D eigenvalue weighted by molar-refractivity contribution is 0.1000. The Hall–Kier alpha value is -2.44. The van der Waals surface area contributed by atoms with Crippen molar-refractivity contribution < 1.29 is 4.79 Å². The normalized spacial score (nSPS) is 15.3. The molecule has 3 heterocycles. The van der Waals surface area contributed by atoms with Crippen LogP contribution >= 0.6 is 0 Å². The number of amides is 1. The van der Waals surface area contributed by atoms with Crippen LogP contribution in [0.5, 0.6) is 0 Å². The van der Waals surface area contributed by atoms with Gasteiger partial charge in [-0.05, 0) is 13.0 Å². The maximum absolute atomic E-state index is 11.0. The van der Waals surface area contributed by atoms with E-state index in [4.69, 9.17) is 5.73 Å². The van der Waals surface area contributed by atoms with E-state index >= 15 is 0 Å². The predicted octanol–water partition coefficient (Wildman–Crippen LogP) is 0.142. The van der Waals surface area contributed by atoms with Gasteiger partial charge in [0.05, 0.1) is 17.8 Å². The number of rotatable bonds is 3. The van der Waals surface area contributed by atoms with E-state index in [-0.39, 0.29) is 6.04 Å². The fraction of sp³-hybridized carbons (Fsp3) is 0.333. The van der Waals surface area contributed by atoms with Gasteiger partial charge >= 0.3 is 0 Å². The third-order valence-corrected chi connectivity index (χ3v) is 3.19. The lowest BCUT2D eigenvalue weighted by atomic mass is 10.1. The monoisotopic (exact) mass is 258 g/mol. The van der Waals surface area contributed by atoms with E-state index in [9.17, 15) is 4.79 Å². The second kappa shape index (κ2) is 4.34. The van der Waals surface area contributed by atoms with Gasteiger partial charge in [0.25, 0.3) is 5.91 Å². The summed E-state index contributed by atoms with van der Waals surface area (Å²) in [4.78, 5) is 21.7. The van der Waals surface area contributed by atoms with Gasteiger partial charge in [-0.25, -0.2) is 9.97 Å². The Morgan fingerprint density at radius 1 is 1.47 bits per heavy atom. The summed E-state index contributed by atoms with van der Waals surface area (Å²) in [7, 11) is 0. The van der Waals surface area contributed by atoms with Crippen LogP contribution in [0, 0.1) is 6.92 Å². The van der Waals surface area contributed by atoms with Crippen LogP contribution in [0.25, 0.3) is 0 Å². The Kier molecular flexibility index (Phi) is 2.66. The molecule has 19 heavy (non-hydrogen) atoms. The Morgan fingerprint density at radius 2 is 2.26 bits per heavy atom. The highest BCUT2D eigenvalue weighted by molar-refractivity contribution is 5.92. The lowest BCUT2D eigenvalue weighted by Gasteiger charge is -2.39. The van der Waals surface area contributed by atoms with Crippen LogP contribution in [0.15, 0.2) is 24.7 Å². The minimum Gasteiger partial charge on any atom is -0.366 e. The van der Waals surface area contributed by atoms with E-state index in [1.54, 1.807) is 17.1 Å². The number of hydrogen-bond donors (Lipinski definition) is 1. The number of carbonyl (C=O) groups excluding carboxylic acids is 1. The van der Waals surface area contributed by atoms with Gasteiger partial charge in [-0.1, -0.05) is 0 Å². The van der Waals surface area contributed by atoms with Gasteiger partial charge in [0.15, 0.2) is 0 Å². The fourth-order valence-corrected chi connectivity index (χ4v) is 2.04. The zero-order valence-corrected chi connectivity index (χ0v) is 10.5. The van der Waals surface area contributed by atoms with Crippen LogP contribution in [0.4, 0.5) is 5.95 Å². The molecular weight excluding hydrogens is 244 g/mol. The van der Waals surface area contributed by atoms with Gasteiger partial charge < -0.3 is 10.6 Å². The van der Waals surface area contributed by atoms with Crippen molar-refractivity contribution in [2.75, 3.05) is 18.0 Å². The molecule has 0 bridgehead atoms. The highest BCUT2D eigenvalue weighted by Gasteiger charge is 2.30. The standard InChI is InChI=1S/C12H14N6O/c1-8-2-3-14-12(16-8)17-6-10(7-17)18-5-9(4-15-18)11(13)19/h2-5,10H,6-7H2,1H3,(H2,13,19). The highest BCUT2D eigenvalue weighted by atomic mass is 16.1. The Labute approximate surface area is 110 Å². The molecule has 1 fully saturated rings. The summed E-state index contributed by atoms with van der Waals surface area (Å²) in [5.41, 5.74) is 6.58. The van der Waals surface area contributed by atoms with Gasteiger partial charge in [-0.3, -0.25) is 9.48 Å². The quantitative estimate of drug-likeness (QED) is 0.845. The molecule has 1 aliphatic rings. The van der Waals surface area contributed by atoms with Gasteiger partial charge in [0.2, 0.25) is 5.95 Å². The first kappa shape index (κ1) is 11.6. The number of primary amides is 1. The maximum atomic E-state index is 11.0. The third-order valence-electron chi connectivity index (χ3n) is 3.19. The van der Waals surface area contributed by atoms with Gasteiger partial charge in [-0.2, -0.15) is 5.10 Å². The summed E-state index contributed by atoms with van der Waals surface area (Å²) in [6, 6.07) is 2.10. The molecule has 2 aromatic heterocycles. The van der Waals surface area contributed by atoms with E-state index in [2.05, 4.69) is 20.0 Å². The molecule has 0 atom stereocenters. The Balaban J connectivity index is 1.67. The first-order valence-electron chi connectivity index (χ1n) is 6.02. The zero-order valence-electron chi connectivity index (χ0n) is 10.5. The summed E-state index contributed by atoms with van der Waals surface area (Å²) in [5, 5.41) is 4.15. The summed E-state index contributed by atoms with van der Waals surface area (Å²) < 4.78 is 1.77. The van der Waals surface area contributed by atoms with Crippen molar-refractivity contribution in [1.29, 1.82) is 0 Å². The van der Waals surface area contributed by atoms with E-state index in [1.807, 2.05) is 13.0 Å². The number of anilines is 1. The van der Waals surface area contributed by atoms with Crippen molar-refractivity contribution in [3.05, 3.63) is 35.9 Å². The highest BCUT2D eigenvalue weighted by Crippen LogP contribution is 2.24. The molecule has 7 nitrogen and oxygen atoms in total. The smallest absolute Gasteiger partial charge is 0.251 e. The van der Waals surface area contributed by atoms with E-state index in [0.29, 0.717) is 5.56 Å². The Morgan fingerprint density at radius 3 is 2.89 bits per heavy atom. The average molecular weight is 258 g/mol. The molecule has 3 rings (SSSR count). The zero-order chi connectivity index (χ0) is 13.4. The molecule has 98 valence electrons. The van der Waals surface area contributed by atoms with Crippen molar-refractivity contribution in [1.82, 2.24) is 19.7 Å². The van der Waals surface area contributed by atoms with Crippen molar-refractivity contribution >= 4 is 11.9 Å². The molecule has 1 saturated heterocycles. The number of aryl methyl sites for hydroxylation is 1. The number of nitrogens with two attached hydrogens (primary N) is 1. The second-order valence-electron chi connectivity index (χ2n) is 4.63. The molecule has 0 aromatic carbocycles. The molecule has 1 amide bonds. The van der Waals surface area contributed by atoms with Crippen molar-refractivity contribution in [3.8, 4) is 0 Å². The summed E-state index contributed by atoms with van der Waals surface area (Å²) >= 11 is 0. The Bertz CT molecular complexity index is 616. The van der Waals surface area contributed by atoms with Crippen molar-refractivity contribution in [2.24, 2.45) is 5.73 Å².